The molecule has 1 amide bonds. The lowest BCUT2D eigenvalue weighted by atomic mass is 9.77. The largest absolute Gasteiger partial charge is 0.477 e. The Kier molecular flexibility index (Phi) is 6.71. The van der Waals surface area contributed by atoms with Crippen LogP contribution >= 0.6 is 12.6 Å². The molecule has 3 rings (SSSR count). The van der Waals surface area contributed by atoms with Gasteiger partial charge in [0.15, 0.2) is 0 Å². The molecule has 0 saturated carbocycles. The highest BCUT2D eigenvalue weighted by atomic mass is 32.1. The molecule has 9 heteroatoms. The van der Waals surface area contributed by atoms with E-state index in [1.807, 2.05) is 6.92 Å². The number of allylic oxidation sites excluding steroid dienone is 6. The molecule has 1 fully saturated rings. The Morgan fingerprint density at radius 3 is 2.62 bits per heavy atom. The van der Waals surface area contributed by atoms with Gasteiger partial charge in [-0.25, -0.2) is 9.78 Å². The van der Waals surface area contributed by atoms with Gasteiger partial charge >= 0.3 is 5.97 Å². The van der Waals surface area contributed by atoms with Crippen LogP contribution in [-0.2, 0) is 9.59 Å². The smallest absolute Gasteiger partial charge is 0.352 e. The number of β-lactam (4-membered cyclic amide) rings is 1. The lowest BCUT2D eigenvalue weighted by Crippen LogP contribution is -2.63. The first-order chi connectivity index (χ1) is 15.1. The number of aromatic nitrogens is 2. The number of ketones is 1. The van der Waals surface area contributed by atoms with Crippen LogP contribution in [0.3, 0.4) is 0 Å². The molecule has 2 N–H and O–H groups in total. The molecule has 0 spiro atoms. The van der Waals surface area contributed by atoms with E-state index >= 15 is 0 Å². The number of carboxylic acid groups (broad SMARTS) is 1. The fourth-order valence-corrected chi connectivity index (χ4v) is 4.67. The number of carbonyl (C=O) groups is 3. The zero-order valence-corrected chi connectivity index (χ0v) is 18.9. The summed E-state index contributed by atoms with van der Waals surface area (Å²) in [5.41, 5.74) is 0.836. The molecule has 0 bridgehead atoms. The molecule has 0 radical (unpaired) electrons. The lowest BCUT2D eigenvalue weighted by Gasteiger charge is -2.46. The van der Waals surface area contributed by atoms with Crippen LogP contribution in [0.15, 0.2) is 65.2 Å². The second-order valence-corrected chi connectivity index (χ2v) is 8.20. The fraction of sp³-hybridized carbons (Fsp3) is 0.304. The Morgan fingerprint density at radius 2 is 2.06 bits per heavy atom. The number of carbonyl (C=O) groups excluding carboxylic acids is 2. The highest BCUT2D eigenvalue weighted by molar-refractivity contribution is 7.85. The van der Waals surface area contributed by atoms with E-state index in [4.69, 9.17) is 0 Å². The summed E-state index contributed by atoms with van der Waals surface area (Å²) in [5, 5.41) is 19.7. The van der Waals surface area contributed by atoms with Crippen molar-refractivity contribution in [1.29, 1.82) is 0 Å². The van der Waals surface area contributed by atoms with Crippen molar-refractivity contribution < 1.29 is 24.6 Å². The summed E-state index contributed by atoms with van der Waals surface area (Å²) in [7, 11) is 0. The summed E-state index contributed by atoms with van der Waals surface area (Å²) in [6.07, 6.45) is 10.2. The monoisotopic (exact) mass is 455 g/mol. The Labute approximate surface area is 191 Å². The number of aliphatic hydroxyl groups excluding tert-OH is 1. The number of hydrogen-bond acceptors (Lipinski definition) is 6. The fourth-order valence-electron chi connectivity index (χ4n) is 4.23. The molecule has 1 aromatic heterocycles. The van der Waals surface area contributed by atoms with Crippen LogP contribution in [0.5, 0.6) is 0 Å². The lowest BCUT2D eigenvalue weighted by molar-refractivity contribution is -0.163. The van der Waals surface area contributed by atoms with Crippen molar-refractivity contribution >= 4 is 36.5 Å². The normalized spacial score (nSPS) is 24.6. The summed E-state index contributed by atoms with van der Waals surface area (Å²) >= 11 is 4.51. The predicted octanol–water partition coefficient (Wildman–Crippen LogP) is 2.68. The second-order valence-electron chi connectivity index (χ2n) is 7.72. The first-order valence-corrected chi connectivity index (χ1v) is 10.5. The topological polar surface area (TPSA) is 113 Å². The highest BCUT2D eigenvalue weighted by Crippen LogP contribution is 2.49. The molecule has 0 aliphatic carbocycles. The van der Waals surface area contributed by atoms with Crippen LogP contribution in [0, 0.1) is 11.8 Å². The van der Waals surface area contributed by atoms with E-state index in [0.717, 1.165) is 0 Å². The minimum Gasteiger partial charge on any atom is -0.477 e. The minimum absolute atomic E-state index is 0.134. The van der Waals surface area contributed by atoms with Crippen molar-refractivity contribution in [1.82, 2.24) is 14.5 Å². The van der Waals surface area contributed by atoms with E-state index in [1.54, 1.807) is 31.4 Å². The number of carboxylic acids is 1. The van der Waals surface area contributed by atoms with Crippen molar-refractivity contribution in [2.45, 2.75) is 32.9 Å². The van der Waals surface area contributed by atoms with E-state index < -0.39 is 29.9 Å². The van der Waals surface area contributed by atoms with Gasteiger partial charge in [0.1, 0.15) is 11.4 Å². The van der Waals surface area contributed by atoms with Gasteiger partial charge in [-0.2, -0.15) is 0 Å². The number of hydrogen-bond donors (Lipinski definition) is 3. The van der Waals surface area contributed by atoms with Crippen LogP contribution < -0.4 is 0 Å². The van der Waals surface area contributed by atoms with Crippen LogP contribution in [0.25, 0.3) is 6.20 Å². The number of imidazole rings is 1. The maximum Gasteiger partial charge on any atom is 0.352 e. The summed E-state index contributed by atoms with van der Waals surface area (Å²) in [5.74, 6) is -2.96. The average molecular weight is 456 g/mol. The Hall–Kier alpha value is -3.17. The van der Waals surface area contributed by atoms with E-state index in [0.29, 0.717) is 16.1 Å². The zero-order chi connectivity index (χ0) is 23.7. The molecule has 2 aliphatic heterocycles. The van der Waals surface area contributed by atoms with Crippen LogP contribution in [0.4, 0.5) is 0 Å². The van der Waals surface area contributed by atoms with Crippen LogP contribution in [-0.4, -0.2) is 54.5 Å². The third kappa shape index (κ3) is 3.89. The maximum absolute atomic E-state index is 12.6. The molecular formula is C23H25N3O5S. The van der Waals surface area contributed by atoms with Gasteiger partial charge in [-0.3, -0.25) is 9.59 Å². The molecule has 2 aliphatic rings. The number of thiol groups is 1. The molecule has 4 atom stereocenters. The number of nitrogens with zero attached hydrogens (tertiary/aromatic N) is 3. The second kappa shape index (κ2) is 9.13. The molecule has 1 saturated heterocycles. The number of Topliss-reactive ketones (excluding diaryl/α,β-unsaturated/α-hetero) is 1. The van der Waals surface area contributed by atoms with Crippen molar-refractivity contribution in [2.75, 3.05) is 0 Å². The predicted molar refractivity (Wildman–Crippen MR) is 123 cm³/mol. The Bertz CT molecular complexity index is 1110. The van der Waals surface area contributed by atoms with Crippen molar-refractivity contribution in [3.8, 4) is 0 Å². The van der Waals surface area contributed by atoms with E-state index in [1.165, 1.54) is 35.0 Å². The first-order valence-electron chi connectivity index (χ1n) is 10.1. The molecular weight excluding hydrogens is 430 g/mol. The number of amides is 1. The highest BCUT2D eigenvalue weighted by Gasteiger charge is 2.60. The zero-order valence-electron chi connectivity index (χ0n) is 18.0. The van der Waals surface area contributed by atoms with Crippen molar-refractivity contribution in [3.63, 3.8) is 0 Å². The molecule has 168 valence electrons. The van der Waals surface area contributed by atoms with Gasteiger partial charge < -0.3 is 19.7 Å². The molecule has 3 heterocycles. The summed E-state index contributed by atoms with van der Waals surface area (Å²) in [4.78, 5) is 42.7. The average Bonchev–Trinajstić information content (AvgIpc) is 3.28. The summed E-state index contributed by atoms with van der Waals surface area (Å²) in [6.45, 7) is 8.81. The third-order valence-corrected chi connectivity index (χ3v) is 6.06. The van der Waals surface area contributed by atoms with E-state index in [-0.39, 0.29) is 23.1 Å². The van der Waals surface area contributed by atoms with Gasteiger partial charge in [-0.1, -0.05) is 37.8 Å². The van der Waals surface area contributed by atoms with Gasteiger partial charge in [0.2, 0.25) is 11.7 Å². The number of rotatable bonds is 8. The molecule has 32 heavy (non-hydrogen) atoms. The van der Waals surface area contributed by atoms with Crippen molar-refractivity contribution in [2.24, 2.45) is 11.8 Å². The minimum atomic E-state index is -1.24. The molecule has 0 aromatic carbocycles. The number of fused-ring (bicyclic) bond motifs is 1. The quantitative estimate of drug-likeness (QED) is 0.183. The molecule has 1 aromatic rings. The van der Waals surface area contributed by atoms with Gasteiger partial charge in [-0.05, 0) is 13.8 Å². The standard InChI is InChI=1S/C23H25N3O5S/c1-5-7-8-14(6-2)21(28)15-9-25(11-24-15)10-16(32)17-12(3)19-18(13(4)27)22(29)26(19)20(17)23(30)31/h5-13,18-19,27,32H,2H2,1,3-4H3,(H,30,31)/b7-5-,14-8+,16-10-/t12-,13+,18+,19+/m0/s1. The Balaban J connectivity index is 1.94. The van der Waals surface area contributed by atoms with E-state index in [2.05, 4.69) is 24.2 Å². The molecule has 8 nitrogen and oxygen atoms in total. The van der Waals surface area contributed by atoms with Gasteiger partial charge in [0, 0.05) is 34.4 Å². The Morgan fingerprint density at radius 1 is 1.38 bits per heavy atom. The van der Waals surface area contributed by atoms with Crippen LogP contribution in [0.2, 0.25) is 0 Å². The van der Waals surface area contributed by atoms with Gasteiger partial charge in [0.25, 0.3) is 0 Å². The van der Waals surface area contributed by atoms with Gasteiger partial charge in [-0.15, -0.1) is 12.6 Å². The number of aliphatic carboxylic acids is 1. The SMILES string of the molecule is C=C/C(=C\C=C/C)C(=O)c1cn(/C=C(\S)C2=C(C(=O)O)N3C(=O)[C@H]([C@@H](C)O)[C@H]3[C@H]2C)cn1. The van der Waals surface area contributed by atoms with Gasteiger partial charge in [0.05, 0.1) is 24.4 Å². The molecule has 0 unspecified atom stereocenters. The first kappa shape index (κ1) is 23.5. The number of aliphatic hydroxyl groups is 1. The summed E-state index contributed by atoms with van der Waals surface area (Å²) < 4.78 is 1.51. The summed E-state index contributed by atoms with van der Waals surface area (Å²) in [6, 6.07) is -0.439. The third-order valence-electron chi connectivity index (χ3n) is 5.71. The van der Waals surface area contributed by atoms with E-state index in [9.17, 15) is 24.6 Å². The maximum atomic E-state index is 12.6. The van der Waals surface area contributed by atoms with Crippen LogP contribution in [0.1, 0.15) is 31.3 Å². The van der Waals surface area contributed by atoms with Crippen molar-refractivity contribution in [3.05, 3.63) is 70.8 Å².